The molecule has 2 aliphatic heterocycles. The zero-order valence-corrected chi connectivity index (χ0v) is 31.2. The molecular weight excluding hydrogens is 665 g/mol. The van der Waals surface area contributed by atoms with E-state index in [1.807, 2.05) is 67.5 Å². The Balaban J connectivity index is 1.02. The van der Waals surface area contributed by atoms with Crippen LogP contribution >= 0.6 is 0 Å². The number of hydrazine groups is 1. The Labute approximate surface area is 312 Å². The van der Waals surface area contributed by atoms with Gasteiger partial charge in [-0.2, -0.15) is 0 Å². The van der Waals surface area contributed by atoms with Crippen LogP contribution in [0.4, 0.5) is 11.9 Å². The second-order valence-electron chi connectivity index (χ2n) is 14.4. The fraction of sp³-hybridized carbons (Fsp3) is 0.415. The molecule has 0 amide bonds. The number of anilines is 2. The quantitative estimate of drug-likeness (QED) is 0.136. The Morgan fingerprint density at radius 3 is 1.66 bits per heavy atom. The van der Waals surface area contributed by atoms with E-state index in [4.69, 9.17) is 19.4 Å². The molecule has 1 aromatic carbocycles. The van der Waals surface area contributed by atoms with Gasteiger partial charge in [-0.3, -0.25) is 20.3 Å². The van der Waals surface area contributed by atoms with Crippen LogP contribution in [0.5, 0.6) is 11.5 Å². The van der Waals surface area contributed by atoms with Crippen LogP contribution in [-0.2, 0) is 6.54 Å². The highest BCUT2D eigenvalue weighted by Gasteiger charge is 2.34. The zero-order chi connectivity index (χ0) is 36.6. The van der Waals surface area contributed by atoms with E-state index in [1.54, 1.807) is 12.4 Å². The van der Waals surface area contributed by atoms with Gasteiger partial charge in [-0.05, 0) is 83.2 Å². The van der Waals surface area contributed by atoms with Gasteiger partial charge in [0.2, 0.25) is 11.9 Å². The minimum Gasteiger partial charge on any atom is -0.491 e. The van der Waals surface area contributed by atoms with Crippen LogP contribution in [-0.4, -0.2) is 90.3 Å². The van der Waals surface area contributed by atoms with Crippen LogP contribution in [0.1, 0.15) is 58.9 Å². The van der Waals surface area contributed by atoms with Gasteiger partial charge in [-0.15, -0.1) is 0 Å². The minimum atomic E-state index is 0.0972. The molecule has 1 N–H and O–H groups in total. The van der Waals surface area contributed by atoms with Crippen LogP contribution in [0.25, 0.3) is 22.3 Å². The van der Waals surface area contributed by atoms with Gasteiger partial charge in [-0.25, -0.2) is 24.9 Å². The third-order valence-electron chi connectivity index (χ3n) is 9.67. The molecule has 12 nitrogen and oxygen atoms in total. The van der Waals surface area contributed by atoms with Crippen LogP contribution in [0.2, 0.25) is 0 Å². The van der Waals surface area contributed by atoms with E-state index in [-0.39, 0.29) is 12.2 Å². The summed E-state index contributed by atoms with van der Waals surface area (Å²) in [7, 11) is 0. The van der Waals surface area contributed by atoms with Crippen LogP contribution in [0.15, 0.2) is 92.0 Å². The van der Waals surface area contributed by atoms with Gasteiger partial charge in [-0.1, -0.05) is 12.1 Å². The molecule has 0 aliphatic carbocycles. The van der Waals surface area contributed by atoms with Crippen molar-refractivity contribution in [1.82, 2.24) is 39.8 Å². The van der Waals surface area contributed by atoms with Crippen molar-refractivity contribution in [3.8, 4) is 33.8 Å². The Morgan fingerprint density at radius 2 is 1.17 bits per heavy atom. The van der Waals surface area contributed by atoms with Crippen molar-refractivity contribution in [2.45, 2.75) is 84.2 Å². The normalized spacial score (nSPS) is 16.2. The molecule has 6 heterocycles. The van der Waals surface area contributed by atoms with E-state index < -0.39 is 0 Å². The summed E-state index contributed by atoms with van der Waals surface area (Å²) in [5, 5.41) is 2.22. The summed E-state index contributed by atoms with van der Waals surface area (Å²) in [4.78, 5) is 32.7. The fourth-order valence-corrected chi connectivity index (χ4v) is 7.24. The standard InChI is InChI=1S/C41H50N10O2/c1-29(2)52-38-19-31(20-39(21-38)53-30(3)4)28-49-15-9-36(10-16-49)51(41-46-26-35(27-47-41)33-8-6-14-43-23-33)37-11-17-50(18-12-37)48-40-44-24-34(25-45-40)32-7-5-13-42-22-32/h5-8,13-14,19-27,29-30,36-37H,9-12,15-18,28H2,1-4H3,(H,44,45,48). The molecule has 0 unspecified atom stereocenters. The van der Waals surface area contributed by atoms with Gasteiger partial charge >= 0.3 is 0 Å². The molecule has 5 aromatic rings. The predicted octanol–water partition coefficient (Wildman–Crippen LogP) is 6.93. The third-order valence-corrected chi connectivity index (χ3v) is 9.67. The fourth-order valence-electron chi connectivity index (χ4n) is 7.24. The number of aromatic nitrogens is 6. The first-order valence-corrected chi connectivity index (χ1v) is 18.8. The molecule has 0 saturated carbocycles. The van der Waals surface area contributed by atoms with E-state index in [0.717, 1.165) is 98.1 Å². The summed E-state index contributed by atoms with van der Waals surface area (Å²) >= 11 is 0. The largest absolute Gasteiger partial charge is 0.491 e. The van der Waals surface area contributed by atoms with Gasteiger partial charge < -0.3 is 14.4 Å². The number of hydrogen-bond acceptors (Lipinski definition) is 12. The first kappa shape index (κ1) is 36.2. The Hall–Kier alpha value is -5.20. The zero-order valence-electron chi connectivity index (χ0n) is 31.2. The summed E-state index contributed by atoms with van der Waals surface area (Å²) in [5.41, 5.74) is 8.56. The number of hydrogen-bond donors (Lipinski definition) is 1. The number of benzene rings is 1. The molecule has 0 spiro atoms. The lowest BCUT2D eigenvalue weighted by atomic mass is 9.96. The van der Waals surface area contributed by atoms with Gasteiger partial charge in [0.05, 0.1) is 12.2 Å². The van der Waals surface area contributed by atoms with E-state index in [9.17, 15) is 0 Å². The molecule has 4 aromatic heterocycles. The van der Waals surface area contributed by atoms with Gasteiger partial charge in [0.1, 0.15) is 11.5 Å². The van der Waals surface area contributed by atoms with Gasteiger partial charge in [0, 0.05) is 123 Å². The second kappa shape index (κ2) is 17.1. The van der Waals surface area contributed by atoms with Crippen molar-refractivity contribution < 1.29 is 9.47 Å². The Kier molecular flexibility index (Phi) is 11.7. The van der Waals surface area contributed by atoms with Crippen LogP contribution in [0.3, 0.4) is 0 Å². The molecular formula is C41H50N10O2. The number of nitrogens with one attached hydrogen (secondary N) is 1. The first-order chi connectivity index (χ1) is 25.9. The maximum atomic E-state index is 6.09. The lowest BCUT2D eigenvalue weighted by molar-refractivity contribution is 0.182. The minimum absolute atomic E-state index is 0.0972. The van der Waals surface area contributed by atoms with Crippen molar-refractivity contribution in [1.29, 1.82) is 0 Å². The lowest BCUT2D eigenvalue weighted by Gasteiger charge is -2.45. The van der Waals surface area contributed by atoms with E-state index in [0.29, 0.717) is 18.0 Å². The maximum absolute atomic E-state index is 6.09. The van der Waals surface area contributed by atoms with E-state index >= 15 is 0 Å². The number of rotatable bonds is 13. The van der Waals surface area contributed by atoms with E-state index in [1.165, 1.54) is 5.56 Å². The number of piperidine rings is 2. The molecule has 2 fully saturated rings. The molecule has 0 bridgehead atoms. The van der Waals surface area contributed by atoms with Crippen LogP contribution < -0.4 is 19.8 Å². The molecule has 12 heteroatoms. The predicted molar refractivity (Wildman–Crippen MR) is 207 cm³/mol. The summed E-state index contributed by atoms with van der Waals surface area (Å²) in [5.74, 6) is 3.11. The summed E-state index contributed by atoms with van der Waals surface area (Å²) in [6.45, 7) is 12.8. The highest BCUT2D eigenvalue weighted by Crippen LogP contribution is 2.31. The average molecular weight is 715 g/mol. The number of nitrogens with zero attached hydrogens (tertiary/aromatic N) is 9. The number of ether oxygens (including phenoxy) is 2. The molecule has 7 rings (SSSR count). The smallest absolute Gasteiger partial charge is 0.237 e. The van der Waals surface area contributed by atoms with Gasteiger partial charge in [0.25, 0.3) is 0 Å². The van der Waals surface area contributed by atoms with Crippen LogP contribution in [0, 0.1) is 0 Å². The molecule has 53 heavy (non-hydrogen) atoms. The van der Waals surface area contributed by atoms with Crippen molar-refractivity contribution in [2.24, 2.45) is 0 Å². The molecule has 276 valence electrons. The lowest BCUT2D eigenvalue weighted by Crippen LogP contribution is -2.53. The highest BCUT2D eigenvalue weighted by molar-refractivity contribution is 5.61. The summed E-state index contributed by atoms with van der Waals surface area (Å²) in [6.07, 6.45) is 19.0. The Bertz CT molecular complexity index is 1830. The van der Waals surface area contributed by atoms with Crippen molar-refractivity contribution in [3.63, 3.8) is 0 Å². The molecule has 0 radical (unpaired) electrons. The molecule has 2 aliphatic rings. The monoisotopic (exact) mass is 714 g/mol. The second-order valence-corrected chi connectivity index (χ2v) is 14.4. The third kappa shape index (κ3) is 9.62. The topological polar surface area (TPSA) is 118 Å². The van der Waals surface area contributed by atoms with Crippen molar-refractivity contribution >= 4 is 11.9 Å². The highest BCUT2D eigenvalue weighted by atomic mass is 16.5. The van der Waals surface area contributed by atoms with Gasteiger partial charge in [0.15, 0.2) is 0 Å². The average Bonchev–Trinajstić information content (AvgIpc) is 3.17. The van der Waals surface area contributed by atoms with Crippen molar-refractivity contribution in [2.75, 3.05) is 36.5 Å². The SMILES string of the molecule is CC(C)Oc1cc(CN2CCC(N(c3ncc(-c4cccnc4)cn3)C3CCN(Nc4ncc(-c5cccnc5)cn4)CC3)CC2)cc(OC(C)C)c1. The van der Waals surface area contributed by atoms with E-state index in [2.05, 4.69) is 80.0 Å². The summed E-state index contributed by atoms with van der Waals surface area (Å²) in [6, 6.07) is 14.9. The van der Waals surface area contributed by atoms with Crippen molar-refractivity contribution in [3.05, 3.63) is 97.6 Å². The maximum Gasteiger partial charge on any atom is 0.237 e. The first-order valence-electron chi connectivity index (χ1n) is 18.8. The Morgan fingerprint density at radius 1 is 0.660 bits per heavy atom. The molecule has 2 saturated heterocycles. The summed E-state index contributed by atoms with van der Waals surface area (Å²) < 4.78 is 12.2. The molecule has 0 atom stereocenters. The number of likely N-dealkylation sites (tertiary alicyclic amines) is 1. The number of pyridine rings is 2.